The van der Waals surface area contributed by atoms with Gasteiger partial charge in [0.05, 0.1) is 36.6 Å². The number of carboxylic acid groups (broad SMARTS) is 2. The molecular weight excluding hydrogens is 432 g/mol. The standard InChI is InChI=1S/C11H12N2O3.C10H10N2O4.CH4/c1-2-5-16-8-3-4-13-10(6-8)9(7-12-13)11(14)15;13-3-4-16-7-1-2-12-9(5-7)8(6-11-12)10(14)15;/h3-4,6-7H,2,5H2,1H3,(H,14,15);1-2,5-6,13H,3-4H2,(H,14,15);1H4. The summed E-state index contributed by atoms with van der Waals surface area (Å²) in [4.78, 5) is 21.8. The Labute approximate surface area is 189 Å². The van der Waals surface area contributed by atoms with Crippen LogP contribution in [0.25, 0.3) is 11.0 Å². The lowest BCUT2D eigenvalue weighted by Crippen LogP contribution is -2.02. The maximum absolute atomic E-state index is 10.9. The van der Waals surface area contributed by atoms with Crippen molar-refractivity contribution in [3.05, 3.63) is 60.2 Å². The number of carbonyl (C=O) groups is 2. The van der Waals surface area contributed by atoms with Crippen LogP contribution < -0.4 is 9.47 Å². The number of rotatable bonds is 8. The second-order valence-electron chi connectivity index (χ2n) is 6.53. The van der Waals surface area contributed by atoms with Crippen molar-refractivity contribution in [1.82, 2.24) is 19.2 Å². The zero-order valence-electron chi connectivity index (χ0n) is 17.2. The summed E-state index contributed by atoms with van der Waals surface area (Å²) in [6.07, 6.45) is 6.83. The molecule has 4 aromatic heterocycles. The van der Waals surface area contributed by atoms with E-state index in [2.05, 4.69) is 10.2 Å². The van der Waals surface area contributed by atoms with Crippen LogP contribution in [0, 0.1) is 0 Å². The van der Waals surface area contributed by atoms with E-state index in [9.17, 15) is 9.59 Å². The number of fused-ring (bicyclic) bond motifs is 2. The molecule has 0 bridgehead atoms. The van der Waals surface area contributed by atoms with Crippen LogP contribution in [0.3, 0.4) is 0 Å². The molecule has 0 unspecified atom stereocenters. The van der Waals surface area contributed by atoms with E-state index in [-0.39, 0.29) is 31.8 Å². The third-order valence-electron chi connectivity index (χ3n) is 4.28. The maximum Gasteiger partial charge on any atom is 0.339 e. The number of aromatic nitrogens is 4. The Bertz CT molecular complexity index is 1140. The van der Waals surface area contributed by atoms with Gasteiger partial charge < -0.3 is 24.8 Å². The number of nitrogens with zero attached hydrogens (tertiary/aromatic N) is 4. The van der Waals surface area contributed by atoms with Gasteiger partial charge in [0.1, 0.15) is 29.2 Å². The first-order chi connectivity index (χ1) is 15.4. The highest BCUT2D eigenvalue weighted by molar-refractivity contribution is 5.96. The van der Waals surface area contributed by atoms with Gasteiger partial charge in [0.15, 0.2) is 0 Å². The average Bonchev–Trinajstić information content (AvgIpc) is 3.40. The van der Waals surface area contributed by atoms with Gasteiger partial charge in [-0.3, -0.25) is 0 Å². The van der Waals surface area contributed by atoms with Gasteiger partial charge in [-0.25, -0.2) is 18.6 Å². The van der Waals surface area contributed by atoms with Gasteiger partial charge in [0, 0.05) is 24.5 Å². The number of aliphatic hydroxyl groups excluding tert-OH is 1. The maximum atomic E-state index is 10.9. The highest BCUT2D eigenvalue weighted by Gasteiger charge is 2.12. The van der Waals surface area contributed by atoms with Crippen molar-refractivity contribution < 1.29 is 34.4 Å². The van der Waals surface area contributed by atoms with E-state index in [1.807, 2.05) is 6.92 Å². The van der Waals surface area contributed by atoms with Crippen molar-refractivity contribution in [1.29, 1.82) is 0 Å². The van der Waals surface area contributed by atoms with E-state index in [1.165, 1.54) is 21.4 Å². The van der Waals surface area contributed by atoms with Crippen LogP contribution in [0.4, 0.5) is 0 Å². The Balaban J connectivity index is 0.000000227. The monoisotopic (exact) mass is 458 g/mol. The molecule has 4 heterocycles. The molecule has 0 fully saturated rings. The summed E-state index contributed by atoms with van der Waals surface area (Å²) in [5.41, 5.74) is 1.31. The lowest BCUT2D eigenvalue weighted by atomic mass is 10.2. The van der Waals surface area contributed by atoms with Crippen LogP contribution in [0.2, 0.25) is 0 Å². The molecule has 0 aromatic carbocycles. The number of aliphatic hydroxyl groups is 1. The quantitative estimate of drug-likeness (QED) is 0.362. The summed E-state index contributed by atoms with van der Waals surface area (Å²) in [6, 6.07) is 6.68. The minimum atomic E-state index is -1.03. The van der Waals surface area contributed by atoms with Crippen molar-refractivity contribution >= 4 is 23.0 Å². The third-order valence-corrected chi connectivity index (χ3v) is 4.28. The largest absolute Gasteiger partial charge is 0.493 e. The first-order valence-electron chi connectivity index (χ1n) is 9.72. The predicted octanol–water partition coefficient (Wildman–Crippen LogP) is 2.86. The molecule has 176 valence electrons. The minimum absolute atomic E-state index is 0. The summed E-state index contributed by atoms with van der Waals surface area (Å²) in [5.74, 6) is -0.848. The van der Waals surface area contributed by atoms with Gasteiger partial charge in [-0.05, 0) is 18.6 Å². The van der Waals surface area contributed by atoms with Gasteiger partial charge in [0.2, 0.25) is 0 Å². The highest BCUT2D eigenvalue weighted by Crippen LogP contribution is 2.19. The van der Waals surface area contributed by atoms with E-state index in [0.717, 1.165) is 6.42 Å². The van der Waals surface area contributed by atoms with E-state index in [0.29, 0.717) is 29.1 Å². The first-order valence-corrected chi connectivity index (χ1v) is 9.72. The Morgan fingerprint density at radius 3 is 1.73 bits per heavy atom. The fourth-order valence-electron chi connectivity index (χ4n) is 2.82. The SMILES string of the molecule is C.CCCOc1ccn2ncc(C(=O)O)c2c1.O=C(O)c1cnn2ccc(OCCO)cc12. The number of hydrogen-bond donors (Lipinski definition) is 3. The number of pyridine rings is 2. The summed E-state index contributed by atoms with van der Waals surface area (Å²) >= 11 is 0. The van der Waals surface area contributed by atoms with Crippen LogP contribution in [0.15, 0.2) is 49.1 Å². The fraction of sp³-hybridized carbons (Fsp3) is 0.273. The summed E-state index contributed by atoms with van der Waals surface area (Å²) in [5, 5.41) is 34.3. The lowest BCUT2D eigenvalue weighted by Gasteiger charge is -2.04. The van der Waals surface area contributed by atoms with Gasteiger partial charge in [0.25, 0.3) is 0 Å². The minimum Gasteiger partial charge on any atom is -0.493 e. The average molecular weight is 458 g/mol. The van der Waals surface area contributed by atoms with Crippen molar-refractivity contribution in [2.24, 2.45) is 0 Å². The third kappa shape index (κ3) is 5.98. The molecule has 0 saturated heterocycles. The first kappa shape index (κ1) is 25.1. The van der Waals surface area contributed by atoms with E-state index in [1.54, 1.807) is 36.7 Å². The van der Waals surface area contributed by atoms with Crippen LogP contribution in [-0.4, -0.2) is 66.3 Å². The Morgan fingerprint density at radius 1 is 0.879 bits per heavy atom. The molecule has 11 nitrogen and oxygen atoms in total. The van der Waals surface area contributed by atoms with E-state index < -0.39 is 11.9 Å². The molecule has 0 atom stereocenters. The fourth-order valence-corrected chi connectivity index (χ4v) is 2.82. The Kier molecular flexibility index (Phi) is 8.75. The normalized spacial score (nSPS) is 10.2. The van der Waals surface area contributed by atoms with E-state index in [4.69, 9.17) is 24.8 Å². The van der Waals surface area contributed by atoms with Crippen LogP contribution >= 0.6 is 0 Å². The molecule has 4 aromatic rings. The number of hydrogen-bond acceptors (Lipinski definition) is 7. The lowest BCUT2D eigenvalue weighted by molar-refractivity contribution is 0.0688. The highest BCUT2D eigenvalue weighted by atomic mass is 16.5. The second kappa shape index (κ2) is 11.5. The van der Waals surface area contributed by atoms with Crippen molar-refractivity contribution in [2.45, 2.75) is 20.8 Å². The van der Waals surface area contributed by atoms with Gasteiger partial charge in [-0.2, -0.15) is 10.2 Å². The molecule has 4 rings (SSSR count). The van der Waals surface area contributed by atoms with E-state index >= 15 is 0 Å². The van der Waals surface area contributed by atoms with Crippen LogP contribution in [0.5, 0.6) is 11.5 Å². The number of ether oxygens (including phenoxy) is 2. The zero-order valence-corrected chi connectivity index (χ0v) is 17.2. The molecule has 3 N–H and O–H groups in total. The molecule has 0 aliphatic carbocycles. The molecule has 33 heavy (non-hydrogen) atoms. The van der Waals surface area contributed by atoms with Crippen LogP contribution in [0.1, 0.15) is 41.5 Å². The second-order valence-corrected chi connectivity index (χ2v) is 6.53. The molecule has 0 aliphatic heterocycles. The number of carboxylic acids is 2. The smallest absolute Gasteiger partial charge is 0.339 e. The summed E-state index contributed by atoms with van der Waals surface area (Å²) < 4.78 is 13.6. The summed E-state index contributed by atoms with van der Waals surface area (Å²) in [7, 11) is 0. The van der Waals surface area contributed by atoms with Gasteiger partial charge in [-0.15, -0.1) is 0 Å². The van der Waals surface area contributed by atoms with Crippen molar-refractivity contribution in [3.8, 4) is 11.5 Å². The summed E-state index contributed by atoms with van der Waals surface area (Å²) in [6.45, 7) is 2.72. The van der Waals surface area contributed by atoms with Gasteiger partial charge >= 0.3 is 11.9 Å². The molecule has 0 aliphatic rings. The topological polar surface area (TPSA) is 148 Å². The van der Waals surface area contributed by atoms with Crippen molar-refractivity contribution in [3.63, 3.8) is 0 Å². The Morgan fingerprint density at radius 2 is 1.33 bits per heavy atom. The molecular formula is C22H26N4O7. The molecule has 0 amide bonds. The zero-order chi connectivity index (χ0) is 23.1. The molecule has 0 radical (unpaired) electrons. The predicted molar refractivity (Wildman–Crippen MR) is 119 cm³/mol. The van der Waals surface area contributed by atoms with Crippen LogP contribution in [-0.2, 0) is 0 Å². The molecule has 11 heteroatoms. The molecule has 0 spiro atoms. The van der Waals surface area contributed by atoms with Crippen molar-refractivity contribution in [2.75, 3.05) is 19.8 Å². The molecule has 0 saturated carbocycles. The number of aromatic carboxylic acids is 2. The Hall–Kier alpha value is -4.12. The van der Waals surface area contributed by atoms with Gasteiger partial charge in [-0.1, -0.05) is 14.4 Å².